The van der Waals surface area contributed by atoms with E-state index in [9.17, 15) is 0 Å². The maximum atomic E-state index is 5.28. The van der Waals surface area contributed by atoms with Crippen molar-refractivity contribution in [3.05, 3.63) is 24.2 Å². The van der Waals surface area contributed by atoms with Crippen molar-refractivity contribution in [1.82, 2.24) is 25.2 Å². The highest BCUT2D eigenvalue weighted by molar-refractivity contribution is 5.40. The van der Waals surface area contributed by atoms with E-state index < -0.39 is 0 Å². The van der Waals surface area contributed by atoms with Gasteiger partial charge in [-0.15, -0.1) is 5.10 Å². The fraction of sp³-hybridized carbons (Fsp3) is 0.333. The van der Waals surface area contributed by atoms with Gasteiger partial charge >= 0.3 is 0 Å². The molecule has 0 unspecified atom stereocenters. The van der Waals surface area contributed by atoms with E-state index in [-0.39, 0.29) is 6.10 Å². The Bertz CT molecular complexity index is 495. The van der Waals surface area contributed by atoms with Crippen LogP contribution in [-0.2, 0) is 4.74 Å². The summed E-state index contributed by atoms with van der Waals surface area (Å²) in [6.45, 7) is 0.724. The molecule has 3 heterocycles. The second-order valence-corrected chi connectivity index (χ2v) is 3.36. The highest BCUT2D eigenvalue weighted by Gasteiger charge is 2.28. The number of nitrogens with zero attached hydrogens (tertiary/aromatic N) is 5. The molecule has 1 aliphatic heterocycles. The van der Waals surface area contributed by atoms with Gasteiger partial charge in [0.1, 0.15) is 18.2 Å². The summed E-state index contributed by atoms with van der Waals surface area (Å²) in [5.41, 5.74) is 0.958. The van der Waals surface area contributed by atoms with E-state index in [0.29, 0.717) is 5.82 Å². The van der Waals surface area contributed by atoms with Crippen LogP contribution in [0.4, 0.5) is 0 Å². The average Bonchev–Trinajstić information content (AvgIpc) is 3.03. The Morgan fingerprint density at radius 3 is 3.06 bits per heavy atom. The molecule has 1 fully saturated rings. The standard InChI is InChI=1S/C9H9N5O2/c1-15-7-2-9(14-5-11-12-13-14)10-3-6(7)8-4-16-8/h2-3,5,8H,4H2,1H3/t8-/m0/s1. The Balaban J connectivity index is 2.02. The molecular formula is C9H9N5O2. The number of ether oxygens (including phenoxy) is 2. The van der Waals surface area contributed by atoms with Crippen LogP contribution in [0.1, 0.15) is 11.7 Å². The van der Waals surface area contributed by atoms with Gasteiger partial charge in [-0.1, -0.05) is 0 Å². The van der Waals surface area contributed by atoms with Crippen LogP contribution in [0.3, 0.4) is 0 Å². The van der Waals surface area contributed by atoms with Crippen LogP contribution >= 0.6 is 0 Å². The van der Waals surface area contributed by atoms with Gasteiger partial charge < -0.3 is 9.47 Å². The molecular weight excluding hydrogens is 210 g/mol. The fourth-order valence-corrected chi connectivity index (χ4v) is 1.47. The summed E-state index contributed by atoms with van der Waals surface area (Å²) in [6.07, 6.45) is 3.33. The third-order valence-electron chi connectivity index (χ3n) is 2.36. The van der Waals surface area contributed by atoms with Crippen LogP contribution in [0, 0.1) is 0 Å². The highest BCUT2D eigenvalue weighted by atomic mass is 16.6. The second-order valence-electron chi connectivity index (χ2n) is 3.36. The molecule has 0 N–H and O–H groups in total. The van der Waals surface area contributed by atoms with Crippen molar-refractivity contribution in [2.75, 3.05) is 13.7 Å². The van der Waals surface area contributed by atoms with Crippen molar-refractivity contribution in [3.8, 4) is 11.6 Å². The van der Waals surface area contributed by atoms with Gasteiger partial charge in [0.25, 0.3) is 0 Å². The Hall–Kier alpha value is -2.02. The van der Waals surface area contributed by atoms with E-state index in [1.54, 1.807) is 19.4 Å². The molecule has 3 rings (SSSR count). The summed E-state index contributed by atoms with van der Waals surface area (Å²) in [5, 5.41) is 10.9. The van der Waals surface area contributed by atoms with Crippen LogP contribution in [-0.4, -0.2) is 38.9 Å². The largest absolute Gasteiger partial charge is 0.496 e. The number of aromatic nitrogens is 5. The summed E-state index contributed by atoms with van der Waals surface area (Å²) < 4.78 is 12.0. The van der Waals surface area contributed by atoms with E-state index in [1.807, 2.05) is 0 Å². The van der Waals surface area contributed by atoms with Crippen molar-refractivity contribution in [2.45, 2.75) is 6.10 Å². The molecule has 82 valence electrons. The molecule has 1 atom stereocenters. The zero-order valence-electron chi connectivity index (χ0n) is 8.57. The SMILES string of the molecule is COc1cc(-n2cnnn2)ncc1[C@@H]1CO1. The van der Waals surface area contributed by atoms with Crippen LogP contribution in [0.15, 0.2) is 18.6 Å². The Kier molecular flexibility index (Phi) is 2.03. The predicted octanol–water partition coefficient (Wildman–Crippen LogP) is 0.137. The lowest BCUT2D eigenvalue weighted by Gasteiger charge is -2.07. The van der Waals surface area contributed by atoms with Gasteiger partial charge in [0, 0.05) is 17.8 Å². The number of pyridine rings is 1. The van der Waals surface area contributed by atoms with Crippen molar-refractivity contribution >= 4 is 0 Å². The first-order chi connectivity index (χ1) is 7.88. The van der Waals surface area contributed by atoms with Gasteiger partial charge in [0.2, 0.25) is 0 Å². The summed E-state index contributed by atoms with van der Waals surface area (Å²) in [5.74, 6) is 1.36. The van der Waals surface area contributed by atoms with E-state index in [0.717, 1.165) is 17.9 Å². The third-order valence-corrected chi connectivity index (χ3v) is 2.36. The lowest BCUT2D eigenvalue weighted by Crippen LogP contribution is -2.01. The first-order valence-electron chi connectivity index (χ1n) is 4.77. The molecule has 0 bridgehead atoms. The summed E-state index contributed by atoms with van der Waals surface area (Å²) in [4.78, 5) is 4.25. The molecule has 7 nitrogen and oxygen atoms in total. The minimum atomic E-state index is 0.116. The number of hydrogen-bond acceptors (Lipinski definition) is 6. The molecule has 7 heteroatoms. The Labute approximate surface area is 91.0 Å². The van der Waals surface area contributed by atoms with Gasteiger partial charge in [-0.2, -0.15) is 4.68 Å². The quantitative estimate of drug-likeness (QED) is 0.683. The molecule has 0 radical (unpaired) electrons. The predicted molar refractivity (Wildman–Crippen MR) is 52.2 cm³/mol. The smallest absolute Gasteiger partial charge is 0.160 e. The van der Waals surface area contributed by atoms with Crippen LogP contribution in [0.25, 0.3) is 5.82 Å². The first kappa shape index (κ1) is 9.22. The lowest BCUT2D eigenvalue weighted by molar-refractivity contribution is 0.382. The monoisotopic (exact) mass is 219 g/mol. The van der Waals surface area contributed by atoms with Crippen LogP contribution in [0.2, 0.25) is 0 Å². The number of rotatable bonds is 3. The van der Waals surface area contributed by atoms with Gasteiger partial charge in [0.15, 0.2) is 5.82 Å². The molecule has 0 aromatic carbocycles. The molecule has 2 aromatic heterocycles. The van der Waals surface area contributed by atoms with Crippen molar-refractivity contribution in [2.24, 2.45) is 0 Å². The fourth-order valence-electron chi connectivity index (χ4n) is 1.47. The van der Waals surface area contributed by atoms with Crippen molar-refractivity contribution in [1.29, 1.82) is 0 Å². The van der Waals surface area contributed by atoms with E-state index in [1.165, 1.54) is 11.0 Å². The first-order valence-corrected chi connectivity index (χ1v) is 4.77. The third kappa shape index (κ3) is 1.50. The maximum Gasteiger partial charge on any atom is 0.160 e. The van der Waals surface area contributed by atoms with Crippen LogP contribution < -0.4 is 4.74 Å². The average molecular weight is 219 g/mol. The summed E-state index contributed by atoms with van der Waals surface area (Å²) in [6, 6.07) is 1.79. The minimum absolute atomic E-state index is 0.116. The van der Waals surface area contributed by atoms with E-state index in [4.69, 9.17) is 9.47 Å². The molecule has 2 aromatic rings. The van der Waals surface area contributed by atoms with Crippen molar-refractivity contribution < 1.29 is 9.47 Å². The van der Waals surface area contributed by atoms with Gasteiger partial charge in [-0.25, -0.2) is 4.98 Å². The summed E-state index contributed by atoms with van der Waals surface area (Å²) >= 11 is 0. The highest BCUT2D eigenvalue weighted by Crippen LogP contribution is 2.36. The molecule has 0 amide bonds. The summed E-state index contributed by atoms with van der Waals surface area (Å²) in [7, 11) is 1.62. The van der Waals surface area contributed by atoms with Gasteiger partial charge in [-0.3, -0.25) is 0 Å². The molecule has 1 aliphatic rings. The second kappa shape index (κ2) is 3.53. The molecule has 16 heavy (non-hydrogen) atoms. The number of tetrazole rings is 1. The van der Waals surface area contributed by atoms with E-state index >= 15 is 0 Å². The maximum absolute atomic E-state index is 5.28. The van der Waals surface area contributed by atoms with Crippen molar-refractivity contribution in [3.63, 3.8) is 0 Å². The van der Waals surface area contributed by atoms with Gasteiger partial charge in [-0.05, 0) is 10.4 Å². The van der Waals surface area contributed by atoms with Crippen LogP contribution in [0.5, 0.6) is 5.75 Å². The molecule has 0 saturated carbocycles. The van der Waals surface area contributed by atoms with Gasteiger partial charge in [0.05, 0.1) is 13.7 Å². The zero-order chi connectivity index (χ0) is 11.0. The number of epoxide rings is 1. The minimum Gasteiger partial charge on any atom is -0.496 e. The topological polar surface area (TPSA) is 78.2 Å². The normalized spacial score (nSPS) is 18.4. The number of methoxy groups -OCH3 is 1. The Morgan fingerprint density at radius 1 is 1.56 bits per heavy atom. The number of hydrogen-bond donors (Lipinski definition) is 0. The lowest BCUT2D eigenvalue weighted by atomic mass is 10.2. The molecule has 0 spiro atoms. The van der Waals surface area contributed by atoms with E-state index in [2.05, 4.69) is 20.5 Å². The Morgan fingerprint density at radius 2 is 2.44 bits per heavy atom. The molecule has 1 saturated heterocycles. The zero-order valence-corrected chi connectivity index (χ0v) is 8.57. The molecule has 0 aliphatic carbocycles.